The molecule has 0 saturated carbocycles. The molecule has 8 heteroatoms. The van der Waals surface area contributed by atoms with E-state index >= 15 is 0 Å². The number of benzene rings is 2. The number of aromatic carboxylic acids is 1. The molecule has 144 valence electrons. The molecule has 2 aromatic carbocycles. The standard InChI is InChI=1S/C19H19F2NO5/c1-25-15-10-12(11-16(26-2)17(15)27-3)8-9-19(20,21)22-14-7-5-4-6-13(14)18(23)24/h4-11,22H,1-3H3,(H,23,24). The molecule has 2 rings (SSSR count). The lowest BCUT2D eigenvalue weighted by atomic mass is 10.1. The predicted octanol–water partition coefficient (Wildman–Crippen LogP) is 4.13. The zero-order valence-corrected chi connectivity index (χ0v) is 15.0. The number of alkyl halides is 2. The number of halogens is 2. The van der Waals surface area contributed by atoms with E-state index in [-0.39, 0.29) is 11.3 Å². The van der Waals surface area contributed by atoms with Gasteiger partial charge >= 0.3 is 12.0 Å². The largest absolute Gasteiger partial charge is 0.493 e. The van der Waals surface area contributed by atoms with E-state index in [0.717, 1.165) is 0 Å². The fourth-order valence-electron chi connectivity index (χ4n) is 2.40. The number of hydrogen-bond acceptors (Lipinski definition) is 5. The number of methoxy groups -OCH3 is 3. The van der Waals surface area contributed by atoms with Crippen molar-refractivity contribution in [2.24, 2.45) is 0 Å². The lowest BCUT2D eigenvalue weighted by Gasteiger charge is -2.17. The molecular formula is C19H19F2NO5. The van der Waals surface area contributed by atoms with Gasteiger partial charge in [-0.25, -0.2) is 4.79 Å². The number of nitrogens with one attached hydrogen (secondary N) is 1. The van der Waals surface area contributed by atoms with Gasteiger partial charge < -0.3 is 24.6 Å². The first-order valence-corrected chi connectivity index (χ1v) is 7.79. The Kier molecular flexibility index (Phi) is 6.23. The van der Waals surface area contributed by atoms with Crippen LogP contribution in [-0.4, -0.2) is 38.5 Å². The van der Waals surface area contributed by atoms with E-state index in [1.807, 2.05) is 5.32 Å². The molecule has 0 atom stereocenters. The maximum absolute atomic E-state index is 14.3. The fourth-order valence-corrected chi connectivity index (χ4v) is 2.40. The summed E-state index contributed by atoms with van der Waals surface area (Å²) in [6, 6.07) is 4.96. The van der Waals surface area contributed by atoms with Crippen LogP contribution in [0.5, 0.6) is 17.2 Å². The molecule has 2 aromatic rings. The third kappa shape index (κ3) is 4.87. The smallest absolute Gasteiger partial charge is 0.343 e. The van der Waals surface area contributed by atoms with Crippen LogP contribution in [0.2, 0.25) is 0 Å². The normalized spacial score (nSPS) is 11.3. The van der Waals surface area contributed by atoms with Gasteiger partial charge in [0.15, 0.2) is 11.5 Å². The minimum absolute atomic E-state index is 0.190. The molecule has 6 nitrogen and oxygen atoms in total. The molecule has 27 heavy (non-hydrogen) atoms. The molecule has 0 fully saturated rings. The number of carboxylic acid groups (broad SMARTS) is 1. The molecule has 0 saturated heterocycles. The summed E-state index contributed by atoms with van der Waals surface area (Å²) in [4.78, 5) is 11.1. The first-order chi connectivity index (χ1) is 12.8. The van der Waals surface area contributed by atoms with Crippen molar-refractivity contribution in [2.75, 3.05) is 26.6 Å². The highest BCUT2D eigenvalue weighted by Gasteiger charge is 2.26. The summed E-state index contributed by atoms with van der Waals surface area (Å²) in [6.45, 7) is 0. The minimum Gasteiger partial charge on any atom is -0.493 e. The summed E-state index contributed by atoms with van der Waals surface area (Å²) in [7, 11) is 4.28. The first kappa shape index (κ1) is 20.0. The van der Waals surface area contributed by atoms with Gasteiger partial charge in [-0.2, -0.15) is 8.78 Å². The summed E-state index contributed by atoms with van der Waals surface area (Å²) >= 11 is 0. The Balaban J connectivity index is 2.30. The van der Waals surface area contributed by atoms with Crippen molar-refractivity contribution in [1.82, 2.24) is 0 Å². The van der Waals surface area contributed by atoms with Crippen LogP contribution in [0.4, 0.5) is 14.5 Å². The van der Waals surface area contributed by atoms with Crippen molar-refractivity contribution in [1.29, 1.82) is 0 Å². The maximum atomic E-state index is 14.3. The second-order valence-corrected chi connectivity index (χ2v) is 5.39. The average molecular weight is 379 g/mol. The summed E-state index contributed by atoms with van der Waals surface area (Å²) in [5.74, 6) is -0.312. The van der Waals surface area contributed by atoms with Crippen molar-refractivity contribution in [3.63, 3.8) is 0 Å². The topological polar surface area (TPSA) is 77.0 Å². The fraction of sp³-hybridized carbons (Fsp3) is 0.211. The average Bonchev–Trinajstić information content (AvgIpc) is 2.65. The Labute approximate surface area is 155 Å². The molecule has 0 heterocycles. The molecule has 0 aliphatic rings. The molecule has 0 unspecified atom stereocenters. The molecule has 0 amide bonds. The lowest BCUT2D eigenvalue weighted by molar-refractivity contribution is 0.0695. The second kappa shape index (κ2) is 8.39. The van der Waals surface area contributed by atoms with Crippen LogP contribution in [0.1, 0.15) is 15.9 Å². The van der Waals surface area contributed by atoms with Gasteiger partial charge in [0.2, 0.25) is 5.75 Å². The van der Waals surface area contributed by atoms with Crippen molar-refractivity contribution in [3.05, 3.63) is 53.6 Å². The van der Waals surface area contributed by atoms with Gasteiger partial charge in [0.1, 0.15) is 0 Å². The van der Waals surface area contributed by atoms with Gasteiger partial charge in [-0.3, -0.25) is 0 Å². The number of rotatable bonds is 8. The van der Waals surface area contributed by atoms with Crippen LogP contribution >= 0.6 is 0 Å². The van der Waals surface area contributed by atoms with Crippen molar-refractivity contribution in [2.45, 2.75) is 6.05 Å². The highest BCUT2D eigenvalue weighted by molar-refractivity contribution is 5.94. The van der Waals surface area contributed by atoms with Gasteiger partial charge in [0, 0.05) is 6.08 Å². The second-order valence-electron chi connectivity index (χ2n) is 5.39. The van der Waals surface area contributed by atoms with Gasteiger partial charge in [0.25, 0.3) is 0 Å². The van der Waals surface area contributed by atoms with E-state index in [2.05, 4.69) is 0 Å². The van der Waals surface area contributed by atoms with Crippen LogP contribution in [0.25, 0.3) is 6.08 Å². The Morgan fingerprint density at radius 2 is 1.67 bits per heavy atom. The van der Waals surface area contributed by atoms with E-state index in [0.29, 0.717) is 28.9 Å². The SMILES string of the molecule is COc1cc(C=CC(F)(F)Nc2ccccc2C(=O)O)cc(OC)c1OC. The first-order valence-electron chi connectivity index (χ1n) is 7.79. The Hall–Kier alpha value is -3.29. The van der Waals surface area contributed by atoms with Crippen LogP contribution < -0.4 is 19.5 Å². The van der Waals surface area contributed by atoms with Gasteiger partial charge in [-0.15, -0.1) is 0 Å². The van der Waals surface area contributed by atoms with Gasteiger partial charge in [0.05, 0.1) is 32.6 Å². The van der Waals surface area contributed by atoms with Crippen molar-refractivity contribution < 1.29 is 32.9 Å². The summed E-state index contributed by atoms with van der Waals surface area (Å²) in [6.07, 6.45) is 1.78. The Bertz CT molecular complexity index is 827. The zero-order valence-electron chi connectivity index (χ0n) is 15.0. The highest BCUT2D eigenvalue weighted by atomic mass is 19.3. The van der Waals surface area contributed by atoms with Crippen LogP contribution in [-0.2, 0) is 0 Å². The molecule has 0 spiro atoms. The number of para-hydroxylation sites is 1. The zero-order chi connectivity index (χ0) is 20.0. The third-order valence-corrected chi connectivity index (χ3v) is 3.63. The van der Waals surface area contributed by atoms with Gasteiger partial charge in [-0.05, 0) is 29.8 Å². The van der Waals surface area contributed by atoms with Gasteiger partial charge in [-0.1, -0.05) is 18.2 Å². The van der Waals surface area contributed by atoms with Crippen LogP contribution in [0, 0.1) is 0 Å². The number of anilines is 1. The predicted molar refractivity (Wildman–Crippen MR) is 97.1 cm³/mol. The number of ether oxygens (including phenoxy) is 3. The molecule has 0 aromatic heterocycles. The van der Waals surface area contributed by atoms with E-state index in [9.17, 15) is 13.6 Å². The van der Waals surface area contributed by atoms with E-state index in [4.69, 9.17) is 19.3 Å². The molecular weight excluding hydrogens is 360 g/mol. The number of carbonyl (C=O) groups is 1. The van der Waals surface area contributed by atoms with E-state index in [1.54, 1.807) is 0 Å². The molecule has 0 radical (unpaired) electrons. The number of hydrogen-bond donors (Lipinski definition) is 2. The quantitative estimate of drug-likeness (QED) is 0.672. The van der Waals surface area contributed by atoms with E-state index < -0.39 is 12.0 Å². The Morgan fingerprint density at radius 3 is 2.19 bits per heavy atom. The summed E-state index contributed by atoms with van der Waals surface area (Å²) in [5.41, 5.74) is -0.0552. The molecule has 2 N–H and O–H groups in total. The third-order valence-electron chi connectivity index (χ3n) is 3.63. The van der Waals surface area contributed by atoms with Crippen molar-refractivity contribution in [3.8, 4) is 17.2 Å². The lowest BCUT2D eigenvalue weighted by Crippen LogP contribution is -2.25. The van der Waals surface area contributed by atoms with Crippen LogP contribution in [0.15, 0.2) is 42.5 Å². The number of carboxylic acids is 1. The monoisotopic (exact) mass is 379 g/mol. The minimum atomic E-state index is -3.49. The summed E-state index contributed by atoms with van der Waals surface area (Å²) in [5, 5.41) is 11.0. The highest BCUT2D eigenvalue weighted by Crippen LogP contribution is 2.38. The Morgan fingerprint density at radius 1 is 1.07 bits per heavy atom. The summed E-state index contributed by atoms with van der Waals surface area (Å²) < 4.78 is 44.1. The van der Waals surface area contributed by atoms with E-state index in [1.165, 1.54) is 63.8 Å². The molecule has 0 aliphatic carbocycles. The van der Waals surface area contributed by atoms with Crippen molar-refractivity contribution >= 4 is 17.7 Å². The van der Waals surface area contributed by atoms with Crippen LogP contribution in [0.3, 0.4) is 0 Å². The molecule has 0 bridgehead atoms. The molecule has 0 aliphatic heterocycles. The maximum Gasteiger partial charge on any atom is 0.343 e.